The van der Waals surface area contributed by atoms with Gasteiger partial charge in [0.25, 0.3) is 0 Å². The Morgan fingerprint density at radius 3 is 2.56 bits per heavy atom. The van der Waals surface area contributed by atoms with E-state index < -0.39 is 0 Å². The molecule has 1 aromatic carbocycles. The van der Waals surface area contributed by atoms with E-state index in [1.165, 1.54) is 12.8 Å². The third-order valence-electron chi connectivity index (χ3n) is 4.30. The summed E-state index contributed by atoms with van der Waals surface area (Å²) in [7, 11) is 4.15. The Balaban J connectivity index is 2.13. The minimum absolute atomic E-state index is 0.0533. The van der Waals surface area contributed by atoms with Crippen molar-refractivity contribution in [2.24, 2.45) is 0 Å². The monoisotopic (exact) mass is 267 g/mol. The van der Waals surface area contributed by atoms with Crippen molar-refractivity contribution in [1.29, 1.82) is 0 Å². The Morgan fingerprint density at radius 2 is 2.00 bits per heavy atom. The van der Waals surface area contributed by atoms with Gasteiger partial charge in [-0.05, 0) is 44.6 Å². The number of halogens is 1. The maximum atomic E-state index is 10.6. The van der Waals surface area contributed by atoms with Gasteiger partial charge in [0, 0.05) is 17.0 Å². The van der Waals surface area contributed by atoms with Gasteiger partial charge in [-0.15, -0.1) is 0 Å². The number of aliphatic hydroxyl groups is 1. The predicted octanol–water partition coefficient (Wildman–Crippen LogP) is 3.12. The molecule has 0 aromatic heterocycles. The van der Waals surface area contributed by atoms with Crippen LogP contribution in [0.5, 0.6) is 0 Å². The molecule has 0 aliphatic heterocycles. The first-order valence-corrected chi connectivity index (χ1v) is 7.02. The van der Waals surface area contributed by atoms with Gasteiger partial charge in [-0.1, -0.05) is 36.6 Å². The average molecular weight is 268 g/mol. The molecule has 1 N–H and O–H groups in total. The highest BCUT2D eigenvalue weighted by molar-refractivity contribution is 6.30. The lowest BCUT2D eigenvalue weighted by Gasteiger charge is -2.40. The second-order valence-electron chi connectivity index (χ2n) is 5.55. The molecule has 1 fully saturated rings. The van der Waals surface area contributed by atoms with Crippen LogP contribution in [-0.2, 0) is 6.42 Å². The van der Waals surface area contributed by atoms with Gasteiger partial charge in [-0.3, -0.25) is 0 Å². The number of benzene rings is 1. The van der Waals surface area contributed by atoms with Gasteiger partial charge in [-0.25, -0.2) is 0 Å². The minimum atomic E-state index is -0.325. The summed E-state index contributed by atoms with van der Waals surface area (Å²) in [5.41, 5.74) is 1.06. The highest BCUT2D eigenvalue weighted by atomic mass is 35.5. The molecule has 2 rings (SSSR count). The second kappa shape index (κ2) is 5.60. The fourth-order valence-corrected chi connectivity index (χ4v) is 3.36. The summed E-state index contributed by atoms with van der Waals surface area (Å²) in [6.45, 7) is 0. The molecule has 3 heteroatoms. The molecule has 0 saturated heterocycles. The van der Waals surface area contributed by atoms with Crippen molar-refractivity contribution in [2.75, 3.05) is 14.1 Å². The zero-order chi connectivity index (χ0) is 13.2. The van der Waals surface area contributed by atoms with Crippen LogP contribution >= 0.6 is 11.6 Å². The summed E-state index contributed by atoms with van der Waals surface area (Å²) < 4.78 is 0. The summed E-state index contributed by atoms with van der Waals surface area (Å²) in [5.74, 6) is 0. The van der Waals surface area contributed by atoms with E-state index in [0.717, 1.165) is 23.4 Å². The van der Waals surface area contributed by atoms with Crippen molar-refractivity contribution in [3.8, 4) is 0 Å². The van der Waals surface area contributed by atoms with Crippen LogP contribution in [0.4, 0.5) is 0 Å². The van der Waals surface area contributed by atoms with Crippen LogP contribution < -0.4 is 0 Å². The summed E-state index contributed by atoms with van der Waals surface area (Å²) in [4.78, 5) is 2.20. The topological polar surface area (TPSA) is 23.5 Å². The molecule has 1 aromatic rings. The summed E-state index contributed by atoms with van der Waals surface area (Å²) in [6.07, 6.45) is 4.95. The number of likely N-dealkylation sites (N-methyl/N-ethyl adjacent to an activating group) is 1. The van der Waals surface area contributed by atoms with Crippen LogP contribution in [-0.4, -0.2) is 35.7 Å². The molecule has 1 unspecified atom stereocenters. The molecular formula is C15H22ClNO. The molecule has 1 aliphatic rings. The lowest BCUT2D eigenvalue weighted by Crippen LogP contribution is -2.52. The minimum Gasteiger partial charge on any atom is -0.391 e. The Kier molecular flexibility index (Phi) is 4.31. The predicted molar refractivity (Wildman–Crippen MR) is 76.0 cm³/mol. The average Bonchev–Trinajstić information content (AvgIpc) is 2.79. The SMILES string of the molecule is CN(C)C1(C(O)Cc2cccc(Cl)c2)CCCC1. The van der Waals surface area contributed by atoms with Crippen LogP contribution in [0.3, 0.4) is 0 Å². The van der Waals surface area contributed by atoms with Gasteiger partial charge in [-0.2, -0.15) is 0 Å². The molecule has 18 heavy (non-hydrogen) atoms. The van der Waals surface area contributed by atoms with E-state index in [9.17, 15) is 5.11 Å². The van der Waals surface area contributed by atoms with Gasteiger partial charge < -0.3 is 10.0 Å². The molecular weight excluding hydrogens is 246 g/mol. The third-order valence-corrected chi connectivity index (χ3v) is 4.53. The number of hydrogen-bond donors (Lipinski definition) is 1. The molecule has 1 aliphatic carbocycles. The third kappa shape index (κ3) is 2.71. The number of hydrogen-bond acceptors (Lipinski definition) is 2. The van der Waals surface area contributed by atoms with Gasteiger partial charge in [0.2, 0.25) is 0 Å². The van der Waals surface area contributed by atoms with Crippen LogP contribution in [0.1, 0.15) is 31.2 Å². The Hall–Kier alpha value is -0.570. The summed E-state index contributed by atoms with van der Waals surface area (Å²) >= 11 is 5.99. The molecule has 1 saturated carbocycles. The molecule has 0 bridgehead atoms. The van der Waals surface area contributed by atoms with E-state index >= 15 is 0 Å². The van der Waals surface area contributed by atoms with Crippen LogP contribution in [0.2, 0.25) is 5.02 Å². The first kappa shape index (κ1) is 13.9. The maximum absolute atomic E-state index is 10.6. The molecule has 1 atom stereocenters. The Labute approximate surface area is 115 Å². The van der Waals surface area contributed by atoms with Gasteiger partial charge >= 0.3 is 0 Å². The maximum Gasteiger partial charge on any atom is 0.0763 e. The van der Waals surface area contributed by atoms with Crippen LogP contribution in [0, 0.1) is 0 Å². The fraction of sp³-hybridized carbons (Fsp3) is 0.600. The van der Waals surface area contributed by atoms with Crippen molar-refractivity contribution in [1.82, 2.24) is 4.90 Å². The number of aliphatic hydroxyl groups excluding tert-OH is 1. The largest absolute Gasteiger partial charge is 0.391 e. The van der Waals surface area contributed by atoms with Gasteiger partial charge in [0.15, 0.2) is 0 Å². The first-order chi connectivity index (χ1) is 8.54. The Bertz CT molecular complexity index is 399. The number of nitrogens with zero attached hydrogens (tertiary/aromatic N) is 1. The van der Waals surface area contributed by atoms with E-state index in [1.54, 1.807) is 0 Å². The van der Waals surface area contributed by atoms with Crippen molar-refractivity contribution >= 4 is 11.6 Å². The van der Waals surface area contributed by atoms with Crippen molar-refractivity contribution in [3.63, 3.8) is 0 Å². The fourth-order valence-electron chi connectivity index (χ4n) is 3.14. The molecule has 0 radical (unpaired) electrons. The lowest BCUT2D eigenvalue weighted by molar-refractivity contribution is -0.00250. The standard InChI is InChI=1S/C15H22ClNO/c1-17(2)15(8-3-4-9-15)14(18)11-12-6-5-7-13(16)10-12/h5-7,10,14,18H,3-4,8-9,11H2,1-2H3. The molecule has 0 amide bonds. The van der Waals surface area contributed by atoms with E-state index in [4.69, 9.17) is 11.6 Å². The normalized spacial score (nSPS) is 20.3. The highest BCUT2D eigenvalue weighted by Gasteiger charge is 2.42. The van der Waals surface area contributed by atoms with E-state index in [1.807, 2.05) is 24.3 Å². The molecule has 0 spiro atoms. The number of rotatable bonds is 4. The first-order valence-electron chi connectivity index (χ1n) is 6.64. The van der Waals surface area contributed by atoms with E-state index in [2.05, 4.69) is 19.0 Å². The lowest BCUT2D eigenvalue weighted by atomic mass is 9.85. The molecule has 2 nitrogen and oxygen atoms in total. The van der Waals surface area contributed by atoms with Crippen LogP contribution in [0.15, 0.2) is 24.3 Å². The van der Waals surface area contributed by atoms with Crippen molar-refractivity contribution < 1.29 is 5.11 Å². The van der Waals surface area contributed by atoms with Crippen LogP contribution in [0.25, 0.3) is 0 Å². The van der Waals surface area contributed by atoms with Gasteiger partial charge in [0.1, 0.15) is 0 Å². The highest BCUT2D eigenvalue weighted by Crippen LogP contribution is 2.37. The molecule has 0 heterocycles. The van der Waals surface area contributed by atoms with Gasteiger partial charge in [0.05, 0.1) is 6.10 Å². The van der Waals surface area contributed by atoms with Crippen molar-refractivity contribution in [3.05, 3.63) is 34.9 Å². The quantitative estimate of drug-likeness (QED) is 0.906. The smallest absolute Gasteiger partial charge is 0.0763 e. The second-order valence-corrected chi connectivity index (χ2v) is 5.99. The Morgan fingerprint density at radius 1 is 1.33 bits per heavy atom. The van der Waals surface area contributed by atoms with Crippen molar-refractivity contribution in [2.45, 2.75) is 43.7 Å². The zero-order valence-corrected chi connectivity index (χ0v) is 12.0. The van der Waals surface area contributed by atoms with E-state index in [-0.39, 0.29) is 11.6 Å². The van der Waals surface area contributed by atoms with E-state index in [0.29, 0.717) is 6.42 Å². The summed E-state index contributed by atoms with van der Waals surface area (Å²) in [6, 6.07) is 7.80. The summed E-state index contributed by atoms with van der Waals surface area (Å²) in [5, 5.41) is 11.4. The zero-order valence-electron chi connectivity index (χ0n) is 11.2. The molecule has 100 valence electrons.